The fourth-order valence-electron chi connectivity index (χ4n) is 1.58. The van der Waals surface area contributed by atoms with Crippen molar-refractivity contribution in [3.8, 4) is 0 Å². The van der Waals surface area contributed by atoms with Crippen LogP contribution >= 0.6 is 0 Å². The molecule has 0 fully saturated rings. The van der Waals surface area contributed by atoms with E-state index < -0.39 is 0 Å². The van der Waals surface area contributed by atoms with E-state index in [4.69, 9.17) is 0 Å². The first kappa shape index (κ1) is 13.0. The zero-order valence-electron chi connectivity index (χ0n) is 11.0. The van der Waals surface area contributed by atoms with E-state index in [1.165, 1.54) is 0 Å². The van der Waals surface area contributed by atoms with Crippen molar-refractivity contribution in [2.45, 2.75) is 13.8 Å². The van der Waals surface area contributed by atoms with Crippen LogP contribution in [-0.2, 0) is 0 Å². The molecule has 0 radical (unpaired) electrons. The number of hydrogen-bond acceptors (Lipinski definition) is 4. The molecule has 2 aromatic heterocycles. The van der Waals surface area contributed by atoms with Gasteiger partial charge in [-0.3, -0.25) is 9.78 Å². The summed E-state index contributed by atoms with van der Waals surface area (Å²) >= 11 is 0. The van der Waals surface area contributed by atoms with Crippen LogP contribution in [0.25, 0.3) is 0 Å². The molecule has 0 aliphatic heterocycles. The minimum absolute atomic E-state index is 0.245. The molecule has 2 N–H and O–H groups in total. The van der Waals surface area contributed by atoms with Crippen LogP contribution in [0.15, 0.2) is 36.5 Å². The van der Waals surface area contributed by atoms with Gasteiger partial charge in [-0.15, -0.1) is 0 Å². The first-order valence-corrected chi connectivity index (χ1v) is 6.14. The highest BCUT2D eigenvalue weighted by atomic mass is 16.1. The third-order valence-corrected chi connectivity index (χ3v) is 2.51. The lowest BCUT2D eigenvalue weighted by molar-refractivity contribution is 0.102. The van der Waals surface area contributed by atoms with E-state index >= 15 is 0 Å². The van der Waals surface area contributed by atoms with E-state index in [9.17, 15) is 4.79 Å². The van der Waals surface area contributed by atoms with Crippen molar-refractivity contribution in [2.24, 2.45) is 0 Å². The Labute approximate surface area is 112 Å². The molecular weight excluding hydrogens is 240 g/mol. The van der Waals surface area contributed by atoms with Crippen LogP contribution in [0.4, 0.5) is 11.5 Å². The Hall–Kier alpha value is -2.43. The lowest BCUT2D eigenvalue weighted by Crippen LogP contribution is -2.14. The maximum Gasteiger partial charge on any atom is 0.274 e. The molecule has 0 saturated heterocycles. The normalized spacial score (nSPS) is 10.0. The molecule has 2 rings (SSSR count). The molecule has 0 aliphatic carbocycles. The highest BCUT2D eigenvalue weighted by Gasteiger charge is 2.08. The minimum Gasteiger partial charge on any atom is -0.370 e. The lowest BCUT2D eigenvalue weighted by atomic mass is 10.3. The van der Waals surface area contributed by atoms with Crippen LogP contribution in [0.2, 0.25) is 0 Å². The molecule has 0 atom stereocenters. The van der Waals surface area contributed by atoms with Crippen LogP contribution in [0.1, 0.15) is 23.1 Å². The van der Waals surface area contributed by atoms with E-state index in [2.05, 4.69) is 20.6 Å². The van der Waals surface area contributed by atoms with Crippen molar-refractivity contribution in [3.63, 3.8) is 0 Å². The molecule has 5 nitrogen and oxygen atoms in total. The maximum absolute atomic E-state index is 12.0. The van der Waals surface area contributed by atoms with E-state index in [-0.39, 0.29) is 5.91 Å². The van der Waals surface area contributed by atoms with Crippen LogP contribution in [-0.4, -0.2) is 22.4 Å². The molecule has 0 aliphatic rings. The summed E-state index contributed by atoms with van der Waals surface area (Å²) < 4.78 is 0. The number of amides is 1. The summed E-state index contributed by atoms with van der Waals surface area (Å²) in [5.41, 5.74) is 1.94. The van der Waals surface area contributed by atoms with Gasteiger partial charge in [0.25, 0.3) is 5.91 Å². The van der Waals surface area contributed by atoms with Gasteiger partial charge in [-0.05, 0) is 38.1 Å². The molecule has 0 saturated carbocycles. The molecule has 2 aromatic rings. The minimum atomic E-state index is -0.245. The average Bonchev–Trinajstić information content (AvgIpc) is 2.42. The van der Waals surface area contributed by atoms with Crippen molar-refractivity contribution < 1.29 is 4.79 Å². The second-order valence-corrected chi connectivity index (χ2v) is 4.08. The summed E-state index contributed by atoms with van der Waals surface area (Å²) in [5.74, 6) is 0.447. The molecule has 98 valence electrons. The molecule has 2 heterocycles. The van der Waals surface area contributed by atoms with Crippen LogP contribution in [0.3, 0.4) is 0 Å². The number of nitrogens with one attached hydrogen (secondary N) is 2. The van der Waals surface area contributed by atoms with Crippen LogP contribution in [0, 0.1) is 6.92 Å². The van der Waals surface area contributed by atoms with Crippen molar-refractivity contribution >= 4 is 17.4 Å². The SMILES string of the molecule is CCNc1cccc(C(=O)Nc2ccc(C)nc2)n1. The van der Waals surface area contributed by atoms with Crippen molar-refractivity contribution in [2.75, 3.05) is 17.2 Å². The predicted molar refractivity (Wildman–Crippen MR) is 75.3 cm³/mol. The summed E-state index contributed by atoms with van der Waals surface area (Å²) in [5, 5.41) is 5.83. The number of hydrogen-bond donors (Lipinski definition) is 2. The number of nitrogens with zero attached hydrogens (tertiary/aromatic N) is 2. The van der Waals surface area contributed by atoms with Crippen LogP contribution in [0.5, 0.6) is 0 Å². The van der Waals surface area contributed by atoms with Gasteiger partial charge < -0.3 is 10.6 Å². The molecule has 0 aromatic carbocycles. The Morgan fingerprint density at radius 2 is 2.11 bits per heavy atom. The Morgan fingerprint density at radius 3 is 2.79 bits per heavy atom. The fraction of sp³-hybridized carbons (Fsp3) is 0.214. The van der Waals surface area contributed by atoms with Gasteiger partial charge >= 0.3 is 0 Å². The second kappa shape index (κ2) is 5.95. The average molecular weight is 256 g/mol. The van der Waals surface area contributed by atoms with E-state index in [1.54, 1.807) is 18.3 Å². The van der Waals surface area contributed by atoms with Gasteiger partial charge in [-0.2, -0.15) is 0 Å². The molecule has 0 unspecified atom stereocenters. The van der Waals surface area contributed by atoms with Gasteiger partial charge in [-0.1, -0.05) is 6.07 Å². The highest BCUT2D eigenvalue weighted by molar-refractivity contribution is 6.02. The van der Waals surface area contributed by atoms with E-state index in [1.807, 2.05) is 32.0 Å². The summed E-state index contributed by atoms with van der Waals surface area (Å²) in [6.45, 7) is 4.64. The van der Waals surface area contributed by atoms with Crippen molar-refractivity contribution in [1.29, 1.82) is 0 Å². The van der Waals surface area contributed by atoms with Gasteiger partial charge in [0.15, 0.2) is 0 Å². The first-order valence-electron chi connectivity index (χ1n) is 6.14. The Balaban J connectivity index is 2.11. The van der Waals surface area contributed by atoms with Gasteiger partial charge in [0.1, 0.15) is 11.5 Å². The predicted octanol–water partition coefficient (Wildman–Crippen LogP) is 2.47. The Bertz CT molecular complexity index is 566. The standard InChI is InChI=1S/C14H16N4O/c1-3-15-13-6-4-5-12(18-13)14(19)17-11-8-7-10(2)16-9-11/h4-9H,3H2,1-2H3,(H,15,18)(H,17,19). The third-order valence-electron chi connectivity index (χ3n) is 2.51. The zero-order chi connectivity index (χ0) is 13.7. The number of rotatable bonds is 4. The number of aromatic nitrogens is 2. The van der Waals surface area contributed by atoms with Gasteiger partial charge in [-0.25, -0.2) is 4.98 Å². The first-order chi connectivity index (χ1) is 9.19. The summed E-state index contributed by atoms with van der Waals surface area (Å²) in [4.78, 5) is 20.4. The Morgan fingerprint density at radius 1 is 1.26 bits per heavy atom. The number of carbonyl (C=O) groups excluding carboxylic acids is 1. The summed E-state index contributed by atoms with van der Waals surface area (Å²) in [6.07, 6.45) is 1.63. The molecule has 0 bridgehead atoms. The van der Waals surface area contributed by atoms with E-state index in [0.29, 0.717) is 17.2 Å². The lowest BCUT2D eigenvalue weighted by Gasteiger charge is -2.06. The Kier molecular flexibility index (Phi) is 4.07. The number of aryl methyl sites for hydroxylation is 1. The molecule has 0 spiro atoms. The quantitative estimate of drug-likeness (QED) is 0.881. The summed E-state index contributed by atoms with van der Waals surface area (Å²) in [7, 11) is 0. The van der Waals surface area contributed by atoms with Crippen molar-refractivity contribution in [3.05, 3.63) is 47.9 Å². The number of carbonyl (C=O) groups is 1. The fourth-order valence-corrected chi connectivity index (χ4v) is 1.58. The van der Waals surface area contributed by atoms with E-state index in [0.717, 1.165) is 12.2 Å². The third kappa shape index (κ3) is 3.51. The smallest absolute Gasteiger partial charge is 0.274 e. The zero-order valence-corrected chi connectivity index (χ0v) is 11.0. The van der Waals surface area contributed by atoms with Gasteiger partial charge in [0, 0.05) is 12.2 Å². The molecule has 19 heavy (non-hydrogen) atoms. The van der Waals surface area contributed by atoms with Gasteiger partial charge in [0.05, 0.1) is 11.9 Å². The molecular formula is C14H16N4O. The molecule has 5 heteroatoms. The van der Waals surface area contributed by atoms with Gasteiger partial charge in [0.2, 0.25) is 0 Å². The maximum atomic E-state index is 12.0. The summed E-state index contributed by atoms with van der Waals surface area (Å²) in [6, 6.07) is 8.96. The monoisotopic (exact) mass is 256 g/mol. The molecule has 1 amide bonds. The second-order valence-electron chi connectivity index (χ2n) is 4.08. The van der Waals surface area contributed by atoms with Crippen LogP contribution < -0.4 is 10.6 Å². The van der Waals surface area contributed by atoms with Crippen molar-refractivity contribution in [1.82, 2.24) is 9.97 Å². The number of pyridine rings is 2. The topological polar surface area (TPSA) is 66.9 Å². The largest absolute Gasteiger partial charge is 0.370 e. The number of anilines is 2. The highest BCUT2D eigenvalue weighted by Crippen LogP contribution is 2.09.